The van der Waals surface area contributed by atoms with Crippen LogP contribution in [0, 0.1) is 5.82 Å². The van der Waals surface area contributed by atoms with Crippen LogP contribution in [0.4, 0.5) is 4.39 Å². The molecular weight excluding hydrogens is 367 g/mol. The second kappa shape index (κ2) is 6.77. The Kier molecular flexibility index (Phi) is 4.29. The van der Waals surface area contributed by atoms with Crippen molar-refractivity contribution in [2.45, 2.75) is 6.54 Å². The zero-order valence-corrected chi connectivity index (χ0v) is 14.7. The van der Waals surface area contributed by atoms with Gasteiger partial charge in [-0.3, -0.25) is 9.36 Å². The van der Waals surface area contributed by atoms with Gasteiger partial charge in [-0.2, -0.15) is 0 Å². The van der Waals surface area contributed by atoms with Gasteiger partial charge in [0.15, 0.2) is 0 Å². The number of fused-ring (bicyclic) bond motifs is 1. The van der Waals surface area contributed by atoms with Gasteiger partial charge in [-0.05, 0) is 35.4 Å². The molecule has 0 aliphatic heterocycles. The van der Waals surface area contributed by atoms with E-state index in [0.29, 0.717) is 21.3 Å². The number of hydrogen-bond donors (Lipinski definition) is 1. The average Bonchev–Trinajstić information content (AvgIpc) is 3.10. The summed E-state index contributed by atoms with van der Waals surface area (Å²) < 4.78 is 14.6. The Labute approximate surface area is 157 Å². The molecule has 0 atom stereocenters. The molecule has 0 unspecified atom stereocenters. The molecule has 27 heavy (non-hydrogen) atoms. The van der Waals surface area contributed by atoms with Gasteiger partial charge in [0.1, 0.15) is 10.6 Å². The fourth-order valence-corrected chi connectivity index (χ4v) is 3.83. The molecule has 1 N–H and O–H groups in total. The number of aromatic carboxylic acids is 1. The molecule has 0 radical (unpaired) electrons. The normalized spacial score (nSPS) is 11.0. The summed E-state index contributed by atoms with van der Waals surface area (Å²) in [5, 5.41) is 11.4. The first-order valence-electron chi connectivity index (χ1n) is 8.08. The van der Waals surface area contributed by atoms with Crippen molar-refractivity contribution in [3.05, 3.63) is 87.5 Å². The number of carbonyl (C=O) groups is 1. The van der Waals surface area contributed by atoms with E-state index in [9.17, 15) is 14.0 Å². The Hall–Kier alpha value is -3.32. The summed E-state index contributed by atoms with van der Waals surface area (Å²) in [5.41, 5.74) is 2.09. The molecule has 5 nitrogen and oxygen atoms in total. The van der Waals surface area contributed by atoms with Crippen LogP contribution in [-0.2, 0) is 6.54 Å². The average molecular weight is 380 g/mol. The Balaban J connectivity index is 1.79. The predicted octanol–water partition coefficient (Wildman–Crippen LogP) is 4.01. The lowest BCUT2D eigenvalue weighted by atomic mass is 10.1. The molecule has 7 heteroatoms. The van der Waals surface area contributed by atoms with Crippen LogP contribution < -0.4 is 5.56 Å². The number of carboxylic acid groups (broad SMARTS) is 1. The third kappa shape index (κ3) is 3.24. The van der Waals surface area contributed by atoms with E-state index in [2.05, 4.69) is 4.98 Å². The SMILES string of the molecule is O=C(O)c1cccc(Cn2cnc3scc(-c4ccc(F)cc4)c3c2=O)c1. The summed E-state index contributed by atoms with van der Waals surface area (Å²) in [6.45, 7) is 0.210. The van der Waals surface area contributed by atoms with Crippen molar-refractivity contribution in [2.75, 3.05) is 0 Å². The number of aromatic nitrogens is 2. The molecule has 2 aromatic heterocycles. The molecule has 2 aromatic carbocycles. The van der Waals surface area contributed by atoms with Gasteiger partial charge in [0.05, 0.1) is 23.8 Å². The van der Waals surface area contributed by atoms with Crippen LogP contribution in [0.1, 0.15) is 15.9 Å². The highest BCUT2D eigenvalue weighted by Crippen LogP contribution is 2.30. The third-order valence-electron chi connectivity index (χ3n) is 4.24. The lowest BCUT2D eigenvalue weighted by molar-refractivity contribution is 0.0696. The van der Waals surface area contributed by atoms with Crippen LogP contribution in [0.3, 0.4) is 0 Å². The number of rotatable bonds is 4. The van der Waals surface area contributed by atoms with Crippen molar-refractivity contribution in [3.63, 3.8) is 0 Å². The maximum atomic E-state index is 13.2. The zero-order valence-electron chi connectivity index (χ0n) is 13.9. The molecule has 4 aromatic rings. The Morgan fingerprint density at radius 3 is 2.70 bits per heavy atom. The smallest absolute Gasteiger partial charge is 0.335 e. The van der Waals surface area contributed by atoms with Crippen LogP contribution in [0.5, 0.6) is 0 Å². The molecule has 2 heterocycles. The molecule has 4 rings (SSSR count). The van der Waals surface area contributed by atoms with Gasteiger partial charge in [-0.25, -0.2) is 14.2 Å². The predicted molar refractivity (Wildman–Crippen MR) is 102 cm³/mol. The lowest BCUT2D eigenvalue weighted by Crippen LogP contribution is -2.21. The fourth-order valence-electron chi connectivity index (χ4n) is 2.92. The van der Waals surface area contributed by atoms with Crippen LogP contribution >= 0.6 is 11.3 Å². The molecule has 0 saturated carbocycles. The second-order valence-electron chi connectivity index (χ2n) is 6.02. The lowest BCUT2D eigenvalue weighted by Gasteiger charge is -2.07. The van der Waals surface area contributed by atoms with E-state index in [1.54, 1.807) is 24.3 Å². The number of thiophene rings is 1. The molecule has 0 amide bonds. The summed E-state index contributed by atoms with van der Waals surface area (Å²) in [5.74, 6) is -1.36. The first-order valence-corrected chi connectivity index (χ1v) is 8.96. The number of hydrogen-bond acceptors (Lipinski definition) is 4. The molecule has 0 aliphatic rings. The van der Waals surface area contributed by atoms with Gasteiger partial charge in [0.2, 0.25) is 0 Å². The largest absolute Gasteiger partial charge is 0.478 e. The summed E-state index contributed by atoms with van der Waals surface area (Å²) in [6.07, 6.45) is 1.46. The fraction of sp³-hybridized carbons (Fsp3) is 0.0500. The summed E-state index contributed by atoms with van der Waals surface area (Å²) >= 11 is 1.35. The minimum atomic E-state index is -1.02. The zero-order chi connectivity index (χ0) is 19.0. The highest BCUT2D eigenvalue weighted by molar-refractivity contribution is 7.17. The van der Waals surface area contributed by atoms with Gasteiger partial charge in [-0.1, -0.05) is 24.3 Å². The number of nitrogens with zero attached hydrogens (tertiary/aromatic N) is 2. The molecule has 134 valence electrons. The number of halogens is 1. The highest BCUT2D eigenvalue weighted by Gasteiger charge is 2.14. The highest BCUT2D eigenvalue weighted by atomic mass is 32.1. The Bertz CT molecular complexity index is 1210. The second-order valence-corrected chi connectivity index (χ2v) is 6.88. The van der Waals surface area contributed by atoms with Crippen molar-refractivity contribution in [3.8, 4) is 11.1 Å². The van der Waals surface area contributed by atoms with Crippen molar-refractivity contribution in [1.29, 1.82) is 0 Å². The van der Waals surface area contributed by atoms with E-state index in [4.69, 9.17) is 5.11 Å². The van der Waals surface area contributed by atoms with Crippen molar-refractivity contribution in [2.24, 2.45) is 0 Å². The summed E-state index contributed by atoms with van der Waals surface area (Å²) in [6, 6.07) is 12.4. The Morgan fingerprint density at radius 2 is 1.96 bits per heavy atom. The van der Waals surface area contributed by atoms with E-state index in [-0.39, 0.29) is 23.5 Å². The quantitative estimate of drug-likeness (QED) is 0.581. The van der Waals surface area contributed by atoms with Crippen molar-refractivity contribution >= 4 is 27.5 Å². The number of benzene rings is 2. The van der Waals surface area contributed by atoms with Gasteiger partial charge < -0.3 is 5.11 Å². The standard InChI is InChI=1S/C20H13FN2O3S/c21-15-6-4-13(5-7-15)16-10-27-18-17(16)19(24)23(11-22-18)9-12-2-1-3-14(8-12)20(25)26/h1-8,10-11H,9H2,(H,25,26). The Morgan fingerprint density at radius 1 is 1.19 bits per heavy atom. The minimum absolute atomic E-state index is 0.164. The number of carboxylic acids is 1. The first kappa shape index (κ1) is 17.1. The van der Waals surface area contributed by atoms with E-state index < -0.39 is 5.97 Å². The maximum Gasteiger partial charge on any atom is 0.335 e. The topological polar surface area (TPSA) is 72.2 Å². The molecule has 0 saturated heterocycles. The van der Waals surface area contributed by atoms with E-state index in [1.807, 2.05) is 5.38 Å². The molecule has 0 spiro atoms. The molecule has 0 aliphatic carbocycles. The van der Waals surface area contributed by atoms with E-state index in [0.717, 1.165) is 5.56 Å². The van der Waals surface area contributed by atoms with Gasteiger partial charge >= 0.3 is 5.97 Å². The molecular formula is C20H13FN2O3S. The van der Waals surface area contributed by atoms with Crippen LogP contribution in [0.15, 0.2) is 65.0 Å². The van der Waals surface area contributed by atoms with Crippen molar-refractivity contribution in [1.82, 2.24) is 9.55 Å². The van der Waals surface area contributed by atoms with Crippen LogP contribution in [-0.4, -0.2) is 20.6 Å². The van der Waals surface area contributed by atoms with Crippen LogP contribution in [0.2, 0.25) is 0 Å². The first-order chi connectivity index (χ1) is 13.0. The van der Waals surface area contributed by atoms with Gasteiger partial charge in [0, 0.05) is 10.9 Å². The van der Waals surface area contributed by atoms with Crippen LogP contribution in [0.25, 0.3) is 21.3 Å². The summed E-state index contributed by atoms with van der Waals surface area (Å²) in [7, 11) is 0. The summed E-state index contributed by atoms with van der Waals surface area (Å²) in [4.78, 5) is 29.1. The molecule has 0 bridgehead atoms. The maximum absolute atomic E-state index is 13.2. The van der Waals surface area contributed by atoms with E-state index in [1.165, 1.54) is 46.5 Å². The van der Waals surface area contributed by atoms with Gasteiger partial charge in [0.25, 0.3) is 5.56 Å². The van der Waals surface area contributed by atoms with Crippen molar-refractivity contribution < 1.29 is 14.3 Å². The molecule has 0 fully saturated rings. The minimum Gasteiger partial charge on any atom is -0.478 e. The monoisotopic (exact) mass is 380 g/mol. The third-order valence-corrected chi connectivity index (χ3v) is 5.13. The van der Waals surface area contributed by atoms with Gasteiger partial charge in [-0.15, -0.1) is 11.3 Å². The van der Waals surface area contributed by atoms with E-state index >= 15 is 0 Å².